The molecule has 3 heterocycles. The van der Waals surface area contributed by atoms with Gasteiger partial charge in [0.1, 0.15) is 17.2 Å². The molecule has 8 heteroatoms. The standard InChI is InChI=1S/C50H36F3N5/c1-29-11-9-13-33(23-29)35-19-21-40-38-15-5-7-17-42(38)57(44(40)25-35)46-27-37(49-55-31(3)54-32(4)56-49)28-47(48(46)50(51,52)53)58-43-18-8-6-16-39(43)41-22-20-36(26-45(41)58)34-14-10-12-30(2)24-34/h5-28H,1-4H3. The van der Waals surface area contributed by atoms with E-state index in [-0.39, 0.29) is 11.4 Å². The number of nitrogens with zero attached hydrogens (tertiary/aromatic N) is 5. The van der Waals surface area contributed by atoms with Crippen LogP contribution in [0.1, 0.15) is 28.3 Å². The summed E-state index contributed by atoms with van der Waals surface area (Å²) in [4.78, 5) is 13.8. The first kappa shape index (κ1) is 35.4. The van der Waals surface area contributed by atoms with Crippen LogP contribution in [0.3, 0.4) is 0 Å². The smallest absolute Gasteiger partial charge is 0.309 e. The molecule has 282 valence electrons. The molecule has 0 N–H and O–H groups in total. The second-order valence-corrected chi connectivity index (χ2v) is 15.0. The van der Waals surface area contributed by atoms with Crippen LogP contribution in [0, 0.1) is 27.7 Å². The molecule has 7 aromatic carbocycles. The quantitative estimate of drug-likeness (QED) is 0.175. The van der Waals surface area contributed by atoms with Crippen molar-refractivity contribution in [2.24, 2.45) is 0 Å². The molecule has 0 aliphatic carbocycles. The van der Waals surface area contributed by atoms with Crippen molar-refractivity contribution in [3.63, 3.8) is 0 Å². The Morgan fingerprint density at radius 2 is 0.828 bits per heavy atom. The van der Waals surface area contributed by atoms with Crippen LogP contribution >= 0.6 is 0 Å². The van der Waals surface area contributed by atoms with E-state index in [1.54, 1.807) is 35.1 Å². The SMILES string of the molecule is Cc1cccc(-c2ccc3c4ccccc4n(-c4cc(-c5nc(C)nc(C)n5)cc(-n5c6ccccc6c6ccc(-c7cccc(C)c7)cc65)c4C(F)(F)F)c3c2)c1. The zero-order valence-electron chi connectivity index (χ0n) is 32.2. The van der Waals surface area contributed by atoms with E-state index in [9.17, 15) is 0 Å². The van der Waals surface area contributed by atoms with Crippen LogP contribution in [-0.4, -0.2) is 24.1 Å². The predicted octanol–water partition coefficient (Wildman–Crippen LogP) is 13.3. The number of alkyl halides is 3. The lowest BCUT2D eigenvalue weighted by Crippen LogP contribution is -2.16. The van der Waals surface area contributed by atoms with Crippen LogP contribution in [0.4, 0.5) is 13.2 Å². The average Bonchev–Trinajstić information content (AvgIpc) is 3.71. The van der Waals surface area contributed by atoms with E-state index in [1.165, 1.54) is 0 Å². The highest BCUT2D eigenvalue weighted by molar-refractivity contribution is 6.12. The van der Waals surface area contributed by atoms with Gasteiger partial charge in [0.05, 0.1) is 33.4 Å². The first-order valence-corrected chi connectivity index (χ1v) is 19.2. The molecule has 5 nitrogen and oxygen atoms in total. The van der Waals surface area contributed by atoms with Crippen LogP contribution in [-0.2, 0) is 6.18 Å². The Hall–Kier alpha value is -7.06. The Balaban J connectivity index is 1.38. The molecule has 0 saturated heterocycles. The summed E-state index contributed by atoms with van der Waals surface area (Å²) in [6.07, 6.45) is -4.80. The van der Waals surface area contributed by atoms with Gasteiger partial charge in [-0.3, -0.25) is 0 Å². The summed E-state index contributed by atoms with van der Waals surface area (Å²) in [5.74, 6) is 1.25. The molecule has 10 aromatic rings. The largest absolute Gasteiger partial charge is 0.420 e. The van der Waals surface area contributed by atoms with E-state index in [2.05, 4.69) is 17.1 Å². The maximum atomic E-state index is 16.5. The van der Waals surface area contributed by atoms with Crippen molar-refractivity contribution in [2.75, 3.05) is 0 Å². The van der Waals surface area contributed by atoms with E-state index >= 15 is 13.2 Å². The third-order valence-electron chi connectivity index (χ3n) is 11.0. The molecule has 0 aliphatic heterocycles. The van der Waals surface area contributed by atoms with E-state index in [0.717, 1.165) is 54.9 Å². The summed E-state index contributed by atoms with van der Waals surface area (Å²) in [7, 11) is 0. The number of halogens is 3. The second kappa shape index (κ2) is 13.3. The van der Waals surface area contributed by atoms with E-state index in [1.807, 2.05) is 135 Å². The van der Waals surface area contributed by atoms with Crippen LogP contribution in [0.15, 0.2) is 146 Å². The van der Waals surface area contributed by atoms with Gasteiger partial charge in [-0.15, -0.1) is 0 Å². The summed E-state index contributed by atoms with van der Waals surface area (Å²) in [5.41, 5.74) is 8.18. The maximum absolute atomic E-state index is 16.5. The number of hydrogen-bond donors (Lipinski definition) is 0. The summed E-state index contributed by atoms with van der Waals surface area (Å²) in [5, 5.41) is 3.39. The summed E-state index contributed by atoms with van der Waals surface area (Å²) in [6, 6.07) is 46.9. The minimum absolute atomic E-state index is 0.0240. The number of para-hydroxylation sites is 2. The van der Waals surface area contributed by atoms with Crippen molar-refractivity contribution in [1.82, 2.24) is 24.1 Å². The number of rotatable bonds is 5. The fraction of sp³-hybridized carbons (Fsp3) is 0.100. The van der Waals surface area contributed by atoms with Gasteiger partial charge in [-0.2, -0.15) is 13.2 Å². The molecule has 0 unspecified atom stereocenters. The molecule has 0 fully saturated rings. The van der Waals surface area contributed by atoms with E-state index in [0.29, 0.717) is 45.1 Å². The normalized spacial score (nSPS) is 12.1. The molecule has 0 aliphatic rings. The van der Waals surface area contributed by atoms with Crippen molar-refractivity contribution in [3.05, 3.63) is 174 Å². The van der Waals surface area contributed by atoms with Crippen LogP contribution < -0.4 is 0 Å². The Kier molecular flexibility index (Phi) is 8.09. The first-order valence-electron chi connectivity index (χ1n) is 19.2. The van der Waals surface area contributed by atoms with E-state index in [4.69, 9.17) is 9.97 Å². The topological polar surface area (TPSA) is 48.5 Å². The van der Waals surface area contributed by atoms with E-state index < -0.39 is 11.7 Å². The van der Waals surface area contributed by atoms with Gasteiger partial charge < -0.3 is 9.13 Å². The van der Waals surface area contributed by atoms with Crippen molar-refractivity contribution >= 4 is 43.6 Å². The highest BCUT2D eigenvalue weighted by atomic mass is 19.4. The first-order chi connectivity index (χ1) is 28.0. The maximum Gasteiger partial charge on any atom is 0.420 e. The van der Waals surface area contributed by atoms with Gasteiger partial charge in [0.2, 0.25) is 0 Å². The van der Waals surface area contributed by atoms with Gasteiger partial charge in [0.25, 0.3) is 0 Å². The second-order valence-electron chi connectivity index (χ2n) is 15.0. The van der Waals surface area contributed by atoms with Crippen molar-refractivity contribution < 1.29 is 13.2 Å². The fourth-order valence-electron chi connectivity index (χ4n) is 8.60. The van der Waals surface area contributed by atoms with Gasteiger partial charge >= 0.3 is 6.18 Å². The monoisotopic (exact) mass is 763 g/mol. The Morgan fingerprint density at radius 1 is 0.397 bits per heavy atom. The van der Waals surface area contributed by atoms with Gasteiger partial charge in [-0.1, -0.05) is 120 Å². The molecule has 0 atom stereocenters. The molecule has 0 spiro atoms. The van der Waals surface area contributed by atoms with Crippen molar-refractivity contribution in [1.29, 1.82) is 0 Å². The highest BCUT2D eigenvalue weighted by Crippen LogP contribution is 2.46. The van der Waals surface area contributed by atoms with Gasteiger partial charge in [0.15, 0.2) is 5.82 Å². The van der Waals surface area contributed by atoms with Gasteiger partial charge in [0, 0.05) is 27.1 Å². The Labute approximate surface area is 332 Å². The van der Waals surface area contributed by atoms with Crippen LogP contribution in [0.5, 0.6) is 0 Å². The summed E-state index contributed by atoms with van der Waals surface area (Å²) in [6.45, 7) is 7.60. The Bertz CT molecular complexity index is 3070. The molecule has 0 amide bonds. The third-order valence-corrected chi connectivity index (χ3v) is 11.0. The lowest BCUT2D eigenvalue weighted by atomic mass is 10.0. The Morgan fingerprint density at radius 3 is 1.28 bits per heavy atom. The van der Waals surface area contributed by atoms with Crippen LogP contribution in [0.2, 0.25) is 0 Å². The number of aryl methyl sites for hydroxylation is 4. The third kappa shape index (κ3) is 5.83. The van der Waals surface area contributed by atoms with Crippen LogP contribution in [0.25, 0.3) is 88.6 Å². The number of benzene rings is 7. The predicted molar refractivity (Wildman–Crippen MR) is 229 cm³/mol. The molecular formula is C50H36F3N5. The molecular weight excluding hydrogens is 728 g/mol. The molecule has 0 saturated carbocycles. The number of fused-ring (bicyclic) bond motifs is 6. The van der Waals surface area contributed by atoms with Crippen molar-refractivity contribution in [2.45, 2.75) is 33.9 Å². The molecule has 10 rings (SSSR count). The zero-order chi connectivity index (χ0) is 39.9. The molecule has 0 bridgehead atoms. The number of hydrogen-bond acceptors (Lipinski definition) is 3. The van der Waals surface area contributed by atoms with Crippen molar-refractivity contribution in [3.8, 4) is 45.0 Å². The van der Waals surface area contributed by atoms with Gasteiger partial charge in [-0.25, -0.2) is 15.0 Å². The molecule has 58 heavy (non-hydrogen) atoms. The lowest BCUT2D eigenvalue weighted by molar-refractivity contribution is -0.137. The summed E-state index contributed by atoms with van der Waals surface area (Å²) >= 11 is 0. The summed E-state index contributed by atoms with van der Waals surface area (Å²) < 4.78 is 52.9. The molecule has 0 radical (unpaired) electrons. The lowest BCUT2D eigenvalue weighted by Gasteiger charge is -2.23. The minimum Gasteiger partial charge on any atom is -0.309 e. The highest BCUT2D eigenvalue weighted by Gasteiger charge is 2.40. The fourth-order valence-corrected chi connectivity index (χ4v) is 8.60. The average molecular weight is 764 g/mol. The molecule has 3 aromatic heterocycles. The zero-order valence-corrected chi connectivity index (χ0v) is 32.2. The number of aromatic nitrogens is 5. The van der Waals surface area contributed by atoms with Gasteiger partial charge in [-0.05, 0) is 86.3 Å². The minimum atomic E-state index is -4.80.